The fourth-order valence-corrected chi connectivity index (χ4v) is 2.67. The topological polar surface area (TPSA) is 69.6 Å². The molecule has 2 amide bonds. The zero-order valence-corrected chi connectivity index (χ0v) is 12.0. The Morgan fingerprint density at radius 1 is 1.37 bits per heavy atom. The number of amides is 2. The van der Waals surface area contributed by atoms with Crippen LogP contribution < -0.4 is 5.32 Å². The molecule has 0 aliphatic carbocycles. The molecule has 0 saturated carbocycles. The zero-order valence-electron chi connectivity index (χ0n) is 12.0. The van der Waals surface area contributed by atoms with Gasteiger partial charge < -0.3 is 15.3 Å². The van der Waals surface area contributed by atoms with Crippen LogP contribution in [0, 0.1) is 5.92 Å². The molecule has 1 rings (SSSR count). The third kappa shape index (κ3) is 4.73. The highest BCUT2D eigenvalue weighted by Gasteiger charge is 2.26. The molecule has 2 N–H and O–H groups in total. The first-order valence-corrected chi connectivity index (χ1v) is 7.37. The van der Waals surface area contributed by atoms with Gasteiger partial charge in [-0.15, -0.1) is 0 Å². The molecule has 0 spiro atoms. The van der Waals surface area contributed by atoms with E-state index >= 15 is 0 Å². The molecule has 0 aromatic carbocycles. The number of nitrogens with zero attached hydrogens (tertiary/aromatic N) is 1. The highest BCUT2D eigenvalue weighted by Crippen LogP contribution is 2.19. The largest absolute Gasteiger partial charge is 0.481 e. The Bertz CT molecular complexity index is 307. The Kier molecular flexibility index (Phi) is 6.67. The first kappa shape index (κ1) is 15.8. The minimum Gasteiger partial charge on any atom is -0.481 e. The van der Waals surface area contributed by atoms with Gasteiger partial charge in [0.1, 0.15) is 0 Å². The van der Waals surface area contributed by atoms with Crippen LogP contribution in [-0.2, 0) is 4.79 Å². The van der Waals surface area contributed by atoms with Gasteiger partial charge in [-0.2, -0.15) is 0 Å². The number of carboxylic acid groups (broad SMARTS) is 1. The first-order valence-electron chi connectivity index (χ1n) is 7.37. The molecule has 1 aliphatic heterocycles. The fourth-order valence-electron chi connectivity index (χ4n) is 2.67. The van der Waals surface area contributed by atoms with Crippen molar-refractivity contribution in [3.8, 4) is 0 Å². The van der Waals surface area contributed by atoms with Gasteiger partial charge in [0.05, 0.1) is 5.92 Å². The van der Waals surface area contributed by atoms with Crippen LogP contribution in [-0.4, -0.2) is 41.1 Å². The van der Waals surface area contributed by atoms with Crippen molar-refractivity contribution in [1.29, 1.82) is 0 Å². The summed E-state index contributed by atoms with van der Waals surface area (Å²) in [6.07, 6.45) is 5.66. The molecule has 1 heterocycles. The summed E-state index contributed by atoms with van der Waals surface area (Å²) in [7, 11) is 0. The van der Waals surface area contributed by atoms with E-state index in [1.54, 1.807) is 0 Å². The van der Waals surface area contributed by atoms with Crippen LogP contribution in [0.3, 0.4) is 0 Å². The van der Waals surface area contributed by atoms with Gasteiger partial charge in [-0.3, -0.25) is 4.79 Å². The molecule has 0 radical (unpaired) electrons. The molecule has 1 fully saturated rings. The van der Waals surface area contributed by atoms with E-state index in [1.165, 1.54) is 6.42 Å². The summed E-state index contributed by atoms with van der Waals surface area (Å²) < 4.78 is 0. The molecule has 19 heavy (non-hydrogen) atoms. The maximum absolute atomic E-state index is 12.1. The molecule has 0 bridgehead atoms. The summed E-state index contributed by atoms with van der Waals surface area (Å²) in [5, 5.41) is 11.8. The summed E-state index contributed by atoms with van der Waals surface area (Å²) in [5.41, 5.74) is 0. The van der Waals surface area contributed by atoms with E-state index in [-0.39, 0.29) is 12.6 Å². The van der Waals surface area contributed by atoms with Crippen LogP contribution in [0.25, 0.3) is 0 Å². The standard InChI is InChI=1S/C14H26N2O3/c1-3-7-11(13(17)18)10-15-14(19)16-9-6-5-8-12(16)4-2/h11-12H,3-10H2,1-2H3,(H,15,19)(H,17,18). The van der Waals surface area contributed by atoms with Crippen molar-refractivity contribution >= 4 is 12.0 Å². The summed E-state index contributed by atoms with van der Waals surface area (Å²) >= 11 is 0. The number of likely N-dealkylation sites (tertiary alicyclic amines) is 1. The minimum atomic E-state index is -0.826. The average molecular weight is 270 g/mol. The van der Waals surface area contributed by atoms with Crippen LogP contribution >= 0.6 is 0 Å². The Hall–Kier alpha value is -1.26. The number of carboxylic acids is 1. The molecule has 5 nitrogen and oxygen atoms in total. The van der Waals surface area contributed by atoms with E-state index in [0.29, 0.717) is 12.5 Å². The van der Waals surface area contributed by atoms with Crippen molar-refractivity contribution in [2.45, 2.75) is 58.4 Å². The van der Waals surface area contributed by atoms with Crippen LogP contribution in [0.4, 0.5) is 4.79 Å². The summed E-state index contributed by atoms with van der Waals surface area (Å²) in [6.45, 7) is 5.06. The summed E-state index contributed by atoms with van der Waals surface area (Å²) in [4.78, 5) is 25.0. The Balaban J connectivity index is 2.46. The lowest BCUT2D eigenvalue weighted by Gasteiger charge is -2.35. The molecule has 0 aromatic heterocycles. The number of hydrogen-bond donors (Lipinski definition) is 2. The van der Waals surface area contributed by atoms with Crippen molar-refractivity contribution in [1.82, 2.24) is 10.2 Å². The number of urea groups is 1. The number of hydrogen-bond acceptors (Lipinski definition) is 2. The first-order chi connectivity index (χ1) is 9.10. The summed E-state index contributed by atoms with van der Waals surface area (Å²) in [6, 6.07) is 0.206. The van der Waals surface area contributed by atoms with E-state index in [4.69, 9.17) is 5.11 Å². The molecule has 5 heteroatoms. The lowest BCUT2D eigenvalue weighted by atomic mass is 10.0. The lowest BCUT2D eigenvalue weighted by molar-refractivity contribution is -0.141. The third-order valence-corrected chi connectivity index (χ3v) is 3.85. The minimum absolute atomic E-state index is 0.103. The predicted octanol–water partition coefficient (Wildman–Crippen LogP) is 2.46. The third-order valence-electron chi connectivity index (χ3n) is 3.85. The van der Waals surface area contributed by atoms with Crippen molar-refractivity contribution in [2.24, 2.45) is 5.92 Å². The Morgan fingerprint density at radius 3 is 2.68 bits per heavy atom. The van der Waals surface area contributed by atoms with Crippen LogP contribution in [0.1, 0.15) is 52.4 Å². The predicted molar refractivity (Wildman–Crippen MR) is 74.1 cm³/mol. The van der Waals surface area contributed by atoms with E-state index in [9.17, 15) is 9.59 Å². The maximum atomic E-state index is 12.1. The smallest absolute Gasteiger partial charge is 0.317 e. The molecule has 110 valence electrons. The second kappa shape index (κ2) is 8.02. The number of carbonyl (C=O) groups is 2. The molecule has 0 aromatic rings. The van der Waals surface area contributed by atoms with Gasteiger partial charge in [-0.1, -0.05) is 20.3 Å². The van der Waals surface area contributed by atoms with Gasteiger partial charge >= 0.3 is 12.0 Å². The number of carbonyl (C=O) groups excluding carboxylic acids is 1. The molecular weight excluding hydrogens is 244 g/mol. The highest BCUT2D eigenvalue weighted by atomic mass is 16.4. The van der Waals surface area contributed by atoms with Crippen molar-refractivity contribution in [3.63, 3.8) is 0 Å². The normalized spacial score (nSPS) is 20.9. The number of rotatable bonds is 6. The van der Waals surface area contributed by atoms with E-state index in [1.807, 2.05) is 11.8 Å². The van der Waals surface area contributed by atoms with Crippen LogP contribution in [0.2, 0.25) is 0 Å². The number of aliphatic carboxylic acids is 1. The molecule has 2 unspecified atom stereocenters. The lowest BCUT2D eigenvalue weighted by Crippen LogP contribution is -2.49. The maximum Gasteiger partial charge on any atom is 0.317 e. The van der Waals surface area contributed by atoms with Crippen LogP contribution in [0.5, 0.6) is 0 Å². The second-order valence-corrected chi connectivity index (χ2v) is 5.26. The fraction of sp³-hybridized carbons (Fsp3) is 0.857. The van der Waals surface area contributed by atoms with Gasteiger partial charge in [-0.05, 0) is 32.1 Å². The molecular formula is C14H26N2O3. The molecule has 1 saturated heterocycles. The highest BCUT2D eigenvalue weighted by molar-refractivity contribution is 5.76. The van der Waals surface area contributed by atoms with E-state index in [0.717, 1.165) is 32.2 Å². The van der Waals surface area contributed by atoms with Gasteiger partial charge in [-0.25, -0.2) is 4.79 Å². The number of nitrogens with one attached hydrogen (secondary N) is 1. The van der Waals surface area contributed by atoms with Gasteiger partial charge in [0.15, 0.2) is 0 Å². The van der Waals surface area contributed by atoms with E-state index in [2.05, 4.69) is 12.2 Å². The van der Waals surface area contributed by atoms with E-state index < -0.39 is 11.9 Å². The second-order valence-electron chi connectivity index (χ2n) is 5.26. The molecule has 2 atom stereocenters. The van der Waals surface area contributed by atoms with Crippen molar-refractivity contribution in [2.75, 3.05) is 13.1 Å². The quantitative estimate of drug-likeness (QED) is 0.779. The van der Waals surface area contributed by atoms with Gasteiger partial charge in [0, 0.05) is 19.1 Å². The monoisotopic (exact) mass is 270 g/mol. The van der Waals surface area contributed by atoms with Crippen molar-refractivity contribution in [3.05, 3.63) is 0 Å². The Morgan fingerprint density at radius 2 is 2.11 bits per heavy atom. The average Bonchev–Trinajstić information content (AvgIpc) is 2.42. The number of piperidine rings is 1. The zero-order chi connectivity index (χ0) is 14.3. The van der Waals surface area contributed by atoms with Crippen LogP contribution in [0.15, 0.2) is 0 Å². The summed E-state index contributed by atoms with van der Waals surface area (Å²) in [5.74, 6) is -1.30. The SMILES string of the molecule is CCCC(CNC(=O)N1CCCCC1CC)C(=O)O. The Labute approximate surface area is 115 Å². The van der Waals surface area contributed by atoms with Gasteiger partial charge in [0.2, 0.25) is 0 Å². The molecule has 1 aliphatic rings. The van der Waals surface area contributed by atoms with Crippen molar-refractivity contribution < 1.29 is 14.7 Å². The van der Waals surface area contributed by atoms with Gasteiger partial charge in [0.25, 0.3) is 0 Å².